The second-order valence-corrected chi connectivity index (χ2v) is 17.6. The lowest BCUT2D eigenvalue weighted by molar-refractivity contribution is -0.0325. The van der Waals surface area contributed by atoms with Crippen LogP contribution in [0.1, 0.15) is 26.2 Å². The Morgan fingerprint density at radius 1 is 0.683 bits per heavy atom. The van der Waals surface area contributed by atoms with E-state index in [0.29, 0.717) is 0 Å². The van der Waals surface area contributed by atoms with Crippen LogP contribution in [0.25, 0.3) is 0 Å². The number of rotatable bonds is 17. The van der Waals surface area contributed by atoms with Crippen LogP contribution in [0.15, 0.2) is 0 Å². The standard InChI is InChI=1S/C18H33B3NO13P3S3/c1-2-27-36(23,39)33-11-4-17(20)31-14(11)7-29-38(25,41)35-12-5-18(21)32-15(12)8-28-37(24,40)34-10-3-16(19)30-13(10)6-26-9-22/h10-18H,2-9,22H2,1H3,(H,23,39)(H,24,40)(H,25,41). The molecule has 0 amide bonds. The van der Waals surface area contributed by atoms with E-state index < -0.39 is 74.8 Å². The van der Waals surface area contributed by atoms with Gasteiger partial charge in [-0.3, -0.25) is 0 Å². The van der Waals surface area contributed by atoms with Crippen LogP contribution in [0, 0.1) is 0 Å². The van der Waals surface area contributed by atoms with Gasteiger partial charge < -0.3 is 66.5 Å². The molecule has 41 heavy (non-hydrogen) atoms. The first-order chi connectivity index (χ1) is 19.1. The summed E-state index contributed by atoms with van der Waals surface area (Å²) in [6.45, 7) is -9.92. The quantitative estimate of drug-likeness (QED) is 0.0882. The Hall–Kier alpha value is 1.58. The van der Waals surface area contributed by atoms with Gasteiger partial charge in [-0.2, -0.15) is 0 Å². The second kappa shape index (κ2) is 16.4. The van der Waals surface area contributed by atoms with Crippen molar-refractivity contribution < 1.29 is 60.8 Å². The Bertz CT molecular complexity index is 999. The minimum absolute atomic E-state index is 0.0313. The fourth-order valence-corrected chi connectivity index (χ4v) is 8.85. The van der Waals surface area contributed by atoms with E-state index >= 15 is 0 Å². The smallest absolute Gasteiger partial charge is 0.324 e. The van der Waals surface area contributed by atoms with Crippen LogP contribution in [0.5, 0.6) is 0 Å². The van der Waals surface area contributed by atoms with Crippen LogP contribution in [-0.4, -0.2) is 126 Å². The van der Waals surface area contributed by atoms with E-state index in [4.69, 9.17) is 111 Å². The second-order valence-electron chi connectivity index (χ2n) is 9.23. The molecule has 0 saturated carbocycles. The maximum Gasteiger partial charge on any atom is 0.324 e. The molecule has 230 valence electrons. The van der Waals surface area contributed by atoms with Gasteiger partial charge in [-0.15, -0.1) is 0 Å². The van der Waals surface area contributed by atoms with E-state index in [0.717, 1.165) is 0 Å². The van der Waals surface area contributed by atoms with Gasteiger partial charge in [0.05, 0.1) is 51.5 Å². The molecule has 0 aliphatic carbocycles. The summed E-state index contributed by atoms with van der Waals surface area (Å²) in [4.78, 5) is 31.6. The maximum atomic E-state index is 10.7. The lowest BCUT2D eigenvalue weighted by Gasteiger charge is -2.28. The molecular weight excluding hydrogens is 660 g/mol. The first-order valence-corrected chi connectivity index (χ1v) is 20.4. The molecule has 3 rings (SSSR count). The maximum absolute atomic E-state index is 10.7. The van der Waals surface area contributed by atoms with Gasteiger partial charge in [-0.25, -0.2) is 0 Å². The molecule has 3 saturated heterocycles. The molecule has 5 N–H and O–H groups in total. The average molecular weight is 693 g/mol. The summed E-state index contributed by atoms with van der Waals surface area (Å²) in [5.41, 5.74) is 5.36. The zero-order valence-electron chi connectivity index (χ0n) is 22.2. The highest BCUT2D eigenvalue weighted by Crippen LogP contribution is 2.52. The molecule has 12 unspecified atom stereocenters. The minimum Gasteiger partial charge on any atom is -0.380 e. The molecule has 23 heteroatoms. The van der Waals surface area contributed by atoms with Gasteiger partial charge in [-0.05, 0) is 61.6 Å². The normalized spacial score (nSPS) is 38.4. The van der Waals surface area contributed by atoms with E-state index in [2.05, 4.69) is 0 Å². The topological polar surface area (TPSA) is 179 Å². The number of nitrogens with two attached hydrogens (primary N) is 1. The number of ether oxygens (including phenoxy) is 4. The van der Waals surface area contributed by atoms with Gasteiger partial charge in [-0.1, -0.05) is 0 Å². The monoisotopic (exact) mass is 693 g/mol. The highest BCUT2D eigenvalue weighted by atomic mass is 32.5. The molecule has 3 aliphatic rings. The third-order valence-electron chi connectivity index (χ3n) is 5.99. The van der Waals surface area contributed by atoms with Crippen LogP contribution in [0.2, 0.25) is 0 Å². The molecule has 3 fully saturated rings. The van der Waals surface area contributed by atoms with Gasteiger partial charge in [0.2, 0.25) is 0 Å². The van der Waals surface area contributed by atoms with E-state index in [-0.39, 0.29) is 52.4 Å². The van der Waals surface area contributed by atoms with Crippen LogP contribution >= 0.6 is 20.2 Å². The van der Waals surface area contributed by atoms with Crippen molar-refractivity contribution in [3.05, 3.63) is 0 Å². The molecule has 0 spiro atoms. The Kier molecular flexibility index (Phi) is 14.8. The zero-order valence-corrected chi connectivity index (χ0v) is 27.3. The van der Waals surface area contributed by atoms with E-state index in [1.807, 2.05) is 0 Å². The van der Waals surface area contributed by atoms with Crippen molar-refractivity contribution >= 4 is 79.1 Å². The van der Waals surface area contributed by atoms with Crippen LogP contribution in [0.4, 0.5) is 0 Å². The molecule has 0 bridgehead atoms. The first kappa shape index (κ1) is 37.0. The molecule has 3 aliphatic heterocycles. The zero-order chi connectivity index (χ0) is 30.4. The van der Waals surface area contributed by atoms with Crippen molar-refractivity contribution in [2.45, 2.75) is 80.8 Å². The van der Waals surface area contributed by atoms with Gasteiger partial charge in [0.25, 0.3) is 0 Å². The van der Waals surface area contributed by atoms with Gasteiger partial charge in [0, 0.05) is 18.0 Å². The molecule has 3 heterocycles. The molecule has 14 nitrogen and oxygen atoms in total. The van der Waals surface area contributed by atoms with Gasteiger partial charge in [0.15, 0.2) is 0 Å². The summed E-state index contributed by atoms with van der Waals surface area (Å²) < 4.78 is 54.7. The highest BCUT2D eigenvalue weighted by Gasteiger charge is 2.42. The molecule has 0 aromatic carbocycles. The Balaban J connectivity index is 1.52. The lowest BCUT2D eigenvalue weighted by atomic mass is 9.96. The van der Waals surface area contributed by atoms with E-state index in [1.165, 1.54) is 0 Å². The predicted molar refractivity (Wildman–Crippen MR) is 160 cm³/mol. The predicted octanol–water partition coefficient (Wildman–Crippen LogP) is -0.355. The SMILES string of the molecule is [B]C1CC(OP(O)(=S)OCC2OC([B])CC2OP(O)(=S)OCC2OC([B])CC2OP(O)(=S)OCC)C(COCN)O1. The largest absolute Gasteiger partial charge is 0.380 e. The molecule has 0 aromatic rings. The fraction of sp³-hybridized carbons (Fsp3) is 1.00. The average Bonchev–Trinajstić information content (AvgIpc) is 3.49. The van der Waals surface area contributed by atoms with Crippen molar-refractivity contribution in [2.24, 2.45) is 5.73 Å². The van der Waals surface area contributed by atoms with Crippen molar-refractivity contribution in [3.8, 4) is 0 Å². The summed E-state index contributed by atoms with van der Waals surface area (Å²) in [5.74, 6) is 0. The van der Waals surface area contributed by atoms with E-state index in [1.54, 1.807) is 6.92 Å². The van der Waals surface area contributed by atoms with Crippen molar-refractivity contribution in [2.75, 3.05) is 33.2 Å². The highest BCUT2D eigenvalue weighted by molar-refractivity contribution is 8.07. The Morgan fingerprint density at radius 3 is 1.37 bits per heavy atom. The lowest BCUT2D eigenvalue weighted by Crippen LogP contribution is -2.31. The van der Waals surface area contributed by atoms with E-state index in [9.17, 15) is 14.7 Å². The summed E-state index contributed by atoms with van der Waals surface area (Å²) in [5, 5.41) is 0. The van der Waals surface area contributed by atoms with Gasteiger partial charge >= 0.3 is 20.2 Å². The molecule has 6 radical (unpaired) electrons. The third-order valence-corrected chi connectivity index (χ3v) is 10.9. The van der Waals surface area contributed by atoms with Gasteiger partial charge in [0.1, 0.15) is 41.9 Å². The van der Waals surface area contributed by atoms with Crippen molar-refractivity contribution in [1.82, 2.24) is 0 Å². The van der Waals surface area contributed by atoms with Crippen LogP contribution in [0.3, 0.4) is 0 Å². The Morgan fingerprint density at radius 2 is 1.02 bits per heavy atom. The molecular formula is C18H33B3NO13P3S3. The summed E-state index contributed by atoms with van der Waals surface area (Å²) in [6, 6.07) is -2.13. The van der Waals surface area contributed by atoms with Crippen LogP contribution < -0.4 is 5.73 Å². The van der Waals surface area contributed by atoms with Crippen molar-refractivity contribution in [3.63, 3.8) is 0 Å². The fourth-order valence-electron chi connectivity index (χ4n) is 4.31. The summed E-state index contributed by atoms with van der Waals surface area (Å²) in [6.07, 6.45) is -4.02. The van der Waals surface area contributed by atoms with Crippen molar-refractivity contribution in [1.29, 1.82) is 0 Å². The minimum atomic E-state index is -3.89. The molecule has 12 atom stereocenters. The summed E-state index contributed by atoms with van der Waals surface area (Å²) >= 11 is 15.3. The third kappa shape index (κ3) is 12.4. The van der Waals surface area contributed by atoms with Crippen LogP contribution in [-0.2, 0) is 81.5 Å². The number of hydrogen-bond acceptors (Lipinski definition) is 14. The molecule has 0 aromatic heterocycles. The Labute approximate surface area is 258 Å². The summed E-state index contributed by atoms with van der Waals surface area (Å²) in [7, 11) is 17.6. The number of hydrogen-bond donors (Lipinski definition) is 4. The first-order valence-electron chi connectivity index (χ1n) is 12.6.